The quantitative estimate of drug-likeness (QED) is 0.657. The smallest absolute Gasteiger partial charge is 0.239 e. The predicted octanol–water partition coefficient (Wildman–Crippen LogP) is 0.403. The van der Waals surface area contributed by atoms with Crippen LogP contribution in [-0.2, 0) is 22.7 Å². The fourth-order valence-corrected chi connectivity index (χ4v) is 4.82. The van der Waals surface area contributed by atoms with Gasteiger partial charge in [0, 0.05) is 62.5 Å². The van der Waals surface area contributed by atoms with Crippen LogP contribution in [0, 0.1) is 0 Å². The number of nitrogens with one attached hydrogen (secondary N) is 2. The molecule has 2 amide bonds. The number of likely N-dealkylation sites (N-methyl/N-ethyl adjacent to an activating group) is 1. The predicted molar refractivity (Wildman–Crippen MR) is 112 cm³/mol. The standard InChI is InChI=1S/C20H27N7O2S/c1-26-16(4-5-18(28)22-10-14-3-2-7-21-9-14)11-23-20(29)19-17(26)6-8-27(19)12-15-13-30-25-24-15/h2-3,7,9,13,16-17,19H,4-6,8,10-12H2,1H3,(H,22,28)(H,23,29)/t16-,17+,19-/m0/s1. The second kappa shape index (κ2) is 9.59. The minimum Gasteiger partial charge on any atom is -0.353 e. The molecule has 4 rings (SSSR count). The fraction of sp³-hybridized carbons (Fsp3) is 0.550. The highest BCUT2D eigenvalue weighted by molar-refractivity contribution is 7.03. The van der Waals surface area contributed by atoms with Crippen LogP contribution in [0.2, 0.25) is 0 Å². The maximum absolute atomic E-state index is 12.8. The van der Waals surface area contributed by atoms with E-state index in [0.717, 1.165) is 24.2 Å². The molecule has 2 aromatic heterocycles. The van der Waals surface area contributed by atoms with E-state index in [1.807, 2.05) is 17.5 Å². The van der Waals surface area contributed by atoms with E-state index >= 15 is 0 Å². The molecule has 2 aliphatic heterocycles. The van der Waals surface area contributed by atoms with Crippen LogP contribution in [0.5, 0.6) is 0 Å². The highest BCUT2D eigenvalue weighted by Gasteiger charge is 2.45. The molecule has 4 heterocycles. The molecule has 0 spiro atoms. The topological polar surface area (TPSA) is 103 Å². The second-order valence-electron chi connectivity index (χ2n) is 7.91. The third-order valence-corrected chi connectivity index (χ3v) is 6.59. The summed E-state index contributed by atoms with van der Waals surface area (Å²) >= 11 is 1.33. The first-order chi connectivity index (χ1) is 14.6. The van der Waals surface area contributed by atoms with Crippen molar-refractivity contribution in [3.8, 4) is 0 Å². The van der Waals surface area contributed by atoms with Gasteiger partial charge < -0.3 is 10.6 Å². The molecule has 2 N–H and O–H groups in total. The van der Waals surface area contributed by atoms with Crippen LogP contribution in [0.25, 0.3) is 0 Å². The molecule has 0 unspecified atom stereocenters. The van der Waals surface area contributed by atoms with Gasteiger partial charge >= 0.3 is 0 Å². The second-order valence-corrected chi connectivity index (χ2v) is 8.52. The SMILES string of the molecule is CN1[C@@H](CCC(=O)NCc2cccnc2)CNC(=O)[C@@H]2[C@H]1CCN2Cc1csnn1. The lowest BCUT2D eigenvalue weighted by Crippen LogP contribution is -2.49. The Hall–Kier alpha value is -2.43. The van der Waals surface area contributed by atoms with Crippen molar-refractivity contribution in [1.82, 2.24) is 35.0 Å². The van der Waals surface area contributed by atoms with Gasteiger partial charge in [0.1, 0.15) is 6.04 Å². The number of rotatable bonds is 7. The number of pyridine rings is 1. The Balaban J connectivity index is 1.31. The van der Waals surface area contributed by atoms with Crippen molar-refractivity contribution in [3.05, 3.63) is 41.2 Å². The van der Waals surface area contributed by atoms with Gasteiger partial charge in [-0.1, -0.05) is 10.6 Å². The first-order valence-corrected chi connectivity index (χ1v) is 11.1. The zero-order valence-electron chi connectivity index (χ0n) is 17.0. The van der Waals surface area contributed by atoms with Crippen molar-refractivity contribution in [2.45, 2.75) is 50.5 Å². The molecule has 2 aromatic rings. The maximum atomic E-state index is 12.8. The Kier molecular flexibility index (Phi) is 6.66. The Morgan fingerprint density at radius 3 is 3.10 bits per heavy atom. The van der Waals surface area contributed by atoms with Crippen molar-refractivity contribution in [2.24, 2.45) is 0 Å². The maximum Gasteiger partial charge on any atom is 0.239 e. The number of aromatic nitrogens is 3. The van der Waals surface area contributed by atoms with E-state index in [2.05, 4.69) is 42.1 Å². The van der Waals surface area contributed by atoms with Gasteiger partial charge in [0.15, 0.2) is 0 Å². The number of likely N-dealkylation sites (tertiary alicyclic amines) is 1. The first kappa shape index (κ1) is 20.8. The van der Waals surface area contributed by atoms with Gasteiger partial charge in [-0.25, -0.2) is 0 Å². The number of amides is 2. The number of nitrogens with zero attached hydrogens (tertiary/aromatic N) is 5. The minimum absolute atomic E-state index is 0.0171. The van der Waals surface area contributed by atoms with Gasteiger partial charge in [0.05, 0.1) is 5.69 Å². The van der Waals surface area contributed by atoms with Crippen LogP contribution in [0.1, 0.15) is 30.5 Å². The Bertz CT molecular complexity index is 848. The zero-order chi connectivity index (χ0) is 20.9. The van der Waals surface area contributed by atoms with Crippen LogP contribution < -0.4 is 10.6 Å². The number of fused-ring (bicyclic) bond motifs is 1. The average Bonchev–Trinajstić information content (AvgIpc) is 3.40. The van der Waals surface area contributed by atoms with Crippen molar-refractivity contribution in [3.63, 3.8) is 0 Å². The summed E-state index contributed by atoms with van der Waals surface area (Å²) in [4.78, 5) is 33.7. The van der Waals surface area contributed by atoms with Crippen molar-refractivity contribution in [2.75, 3.05) is 20.1 Å². The van der Waals surface area contributed by atoms with Crippen LogP contribution in [0.3, 0.4) is 0 Å². The fourth-order valence-electron chi connectivity index (χ4n) is 4.38. The highest BCUT2D eigenvalue weighted by atomic mass is 32.1. The van der Waals surface area contributed by atoms with Crippen molar-refractivity contribution in [1.29, 1.82) is 0 Å². The largest absolute Gasteiger partial charge is 0.353 e. The van der Waals surface area contributed by atoms with Crippen molar-refractivity contribution >= 4 is 23.3 Å². The van der Waals surface area contributed by atoms with Gasteiger partial charge in [0.25, 0.3) is 0 Å². The lowest BCUT2D eigenvalue weighted by atomic mass is 10.0. The Morgan fingerprint density at radius 1 is 1.43 bits per heavy atom. The molecule has 3 atom stereocenters. The number of carbonyl (C=O) groups is 2. The number of hydrogen-bond donors (Lipinski definition) is 2. The summed E-state index contributed by atoms with van der Waals surface area (Å²) in [5, 5.41) is 12.1. The van der Waals surface area contributed by atoms with Crippen LogP contribution in [-0.4, -0.2) is 74.4 Å². The lowest BCUT2D eigenvalue weighted by molar-refractivity contribution is -0.126. The molecule has 2 saturated heterocycles. The summed E-state index contributed by atoms with van der Waals surface area (Å²) in [7, 11) is 2.07. The third kappa shape index (κ3) is 4.82. The van der Waals surface area contributed by atoms with Crippen LogP contribution >= 0.6 is 11.5 Å². The van der Waals surface area contributed by atoms with E-state index in [9.17, 15) is 9.59 Å². The Labute approximate surface area is 180 Å². The van der Waals surface area contributed by atoms with E-state index in [1.165, 1.54) is 11.5 Å². The molecule has 0 saturated carbocycles. The molecular formula is C20H27N7O2S. The number of hydrogen-bond acceptors (Lipinski definition) is 8. The van der Waals surface area contributed by atoms with E-state index in [4.69, 9.17) is 0 Å². The van der Waals surface area contributed by atoms with Gasteiger partial charge in [-0.15, -0.1) is 5.10 Å². The van der Waals surface area contributed by atoms with E-state index in [-0.39, 0.29) is 29.9 Å². The summed E-state index contributed by atoms with van der Waals surface area (Å²) < 4.78 is 3.92. The van der Waals surface area contributed by atoms with Crippen LogP contribution in [0.15, 0.2) is 29.9 Å². The van der Waals surface area contributed by atoms with Gasteiger partial charge in [0.2, 0.25) is 11.8 Å². The summed E-state index contributed by atoms with van der Waals surface area (Å²) in [5.41, 5.74) is 1.89. The molecule has 10 heteroatoms. The summed E-state index contributed by atoms with van der Waals surface area (Å²) in [5.74, 6) is 0.0829. The molecule has 0 bridgehead atoms. The van der Waals surface area contributed by atoms with Gasteiger partial charge in [-0.3, -0.25) is 24.4 Å². The third-order valence-electron chi connectivity index (χ3n) is 6.04. The summed E-state index contributed by atoms with van der Waals surface area (Å²) in [6.45, 7) is 2.53. The van der Waals surface area contributed by atoms with E-state index in [0.29, 0.717) is 32.5 Å². The monoisotopic (exact) mass is 429 g/mol. The van der Waals surface area contributed by atoms with E-state index in [1.54, 1.807) is 12.4 Å². The molecular weight excluding hydrogens is 402 g/mol. The molecule has 9 nitrogen and oxygen atoms in total. The molecule has 30 heavy (non-hydrogen) atoms. The van der Waals surface area contributed by atoms with Gasteiger partial charge in [-0.05, 0) is 43.1 Å². The molecule has 0 aromatic carbocycles. The normalized spacial score (nSPS) is 24.8. The Morgan fingerprint density at radius 2 is 2.33 bits per heavy atom. The average molecular weight is 430 g/mol. The van der Waals surface area contributed by atoms with Gasteiger partial charge in [-0.2, -0.15) is 0 Å². The zero-order valence-corrected chi connectivity index (χ0v) is 17.8. The lowest BCUT2D eigenvalue weighted by Gasteiger charge is -2.33. The summed E-state index contributed by atoms with van der Waals surface area (Å²) in [6, 6.07) is 3.88. The summed E-state index contributed by atoms with van der Waals surface area (Å²) in [6.07, 6.45) is 5.52. The molecule has 160 valence electrons. The minimum atomic E-state index is -0.193. The molecule has 0 aliphatic carbocycles. The van der Waals surface area contributed by atoms with Crippen molar-refractivity contribution < 1.29 is 9.59 Å². The molecule has 2 aliphatic rings. The molecule has 2 fully saturated rings. The molecule has 0 radical (unpaired) electrons. The van der Waals surface area contributed by atoms with E-state index < -0.39 is 0 Å². The first-order valence-electron chi connectivity index (χ1n) is 10.3. The highest BCUT2D eigenvalue weighted by Crippen LogP contribution is 2.28. The van der Waals surface area contributed by atoms with Crippen LogP contribution in [0.4, 0.5) is 0 Å². The number of carbonyl (C=O) groups excluding carboxylic acids is 2.